The van der Waals surface area contributed by atoms with E-state index in [9.17, 15) is 4.79 Å². The molecule has 0 aliphatic carbocycles. The van der Waals surface area contributed by atoms with Crippen LogP contribution in [0.3, 0.4) is 0 Å². The maximum absolute atomic E-state index is 12.0. The zero-order valence-electron chi connectivity index (χ0n) is 13.6. The highest BCUT2D eigenvalue weighted by atomic mass is 35.5. The van der Waals surface area contributed by atoms with E-state index in [2.05, 4.69) is 10.6 Å². The molecule has 0 saturated heterocycles. The minimum absolute atomic E-state index is 0.0943. The number of ether oxygens (including phenoxy) is 1. The van der Waals surface area contributed by atoms with Crippen LogP contribution < -0.4 is 15.4 Å². The van der Waals surface area contributed by atoms with Crippen molar-refractivity contribution in [1.82, 2.24) is 0 Å². The van der Waals surface area contributed by atoms with E-state index in [1.165, 1.54) is 0 Å². The van der Waals surface area contributed by atoms with Gasteiger partial charge < -0.3 is 15.4 Å². The summed E-state index contributed by atoms with van der Waals surface area (Å²) in [5, 5.41) is 6.98. The van der Waals surface area contributed by atoms with Crippen LogP contribution in [0.1, 0.15) is 20.3 Å². The third kappa shape index (κ3) is 5.62. The lowest BCUT2D eigenvalue weighted by Gasteiger charge is -2.12. The molecule has 2 N–H and O–H groups in total. The number of para-hydroxylation sites is 1. The Balaban J connectivity index is 1.81. The Morgan fingerprint density at radius 1 is 1.08 bits per heavy atom. The molecule has 0 unspecified atom stereocenters. The highest BCUT2D eigenvalue weighted by Crippen LogP contribution is 2.29. The molecular formula is C18H20Cl2N2O2. The van der Waals surface area contributed by atoms with Crippen LogP contribution >= 0.6 is 23.2 Å². The van der Waals surface area contributed by atoms with Crippen molar-refractivity contribution in [2.24, 2.45) is 0 Å². The number of hydrogen-bond acceptors (Lipinski definition) is 3. The smallest absolute Gasteiger partial charge is 0.226 e. The molecule has 1 amide bonds. The van der Waals surface area contributed by atoms with Gasteiger partial charge in [-0.05, 0) is 50.2 Å². The molecule has 2 aromatic rings. The quantitative estimate of drug-likeness (QED) is 0.705. The van der Waals surface area contributed by atoms with Gasteiger partial charge in [0.2, 0.25) is 5.91 Å². The second-order valence-corrected chi connectivity index (χ2v) is 6.33. The van der Waals surface area contributed by atoms with Crippen LogP contribution in [0.4, 0.5) is 11.4 Å². The first-order chi connectivity index (χ1) is 11.5. The van der Waals surface area contributed by atoms with Gasteiger partial charge in [0.05, 0.1) is 21.8 Å². The SMILES string of the molecule is CC(C)Oc1ccc(NC(=O)CCNc2c(Cl)cccc2Cl)cc1. The van der Waals surface area contributed by atoms with Crippen molar-refractivity contribution in [1.29, 1.82) is 0 Å². The number of carbonyl (C=O) groups is 1. The lowest BCUT2D eigenvalue weighted by atomic mass is 10.2. The van der Waals surface area contributed by atoms with Gasteiger partial charge in [0.1, 0.15) is 5.75 Å². The molecule has 128 valence electrons. The molecule has 0 aliphatic heterocycles. The third-order valence-electron chi connectivity index (χ3n) is 3.13. The molecule has 6 heteroatoms. The maximum Gasteiger partial charge on any atom is 0.226 e. The van der Waals surface area contributed by atoms with Gasteiger partial charge in [-0.1, -0.05) is 29.3 Å². The topological polar surface area (TPSA) is 50.4 Å². The second kappa shape index (κ2) is 8.81. The van der Waals surface area contributed by atoms with E-state index in [1.54, 1.807) is 18.2 Å². The predicted molar refractivity (Wildman–Crippen MR) is 100 cm³/mol. The van der Waals surface area contributed by atoms with E-state index in [0.29, 0.717) is 28.7 Å². The van der Waals surface area contributed by atoms with Crippen molar-refractivity contribution >= 4 is 40.5 Å². The van der Waals surface area contributed by atoms with Crippen molar-refractivity contribution in [3.63, 3.8) is 0 Å². The monoisotopic (exact) mass is 366 g/mol. The molecule has 2 aromatic carbocycles. The van der Waals surface area contributed by atoms with Crippen LogP contribution in [-0.2, 0) is 4.79 Å². The van der Waals surface area contributed by atoms with Gasteiger partial charge in [-0.25, -0.2) is 0 Å². The van der Waals surface area contributed by atoms with Crippen LogP contribution in [-0.4, -0.2) is 18.6 Å². The first kappa shape index (κ1) is 18.4. The first-order valence-electron chi connectivity index (χ1n) is 7.70. The van der Waals surface area contributed by atoms with Gasteiger partial charge in [0, 0.05) is 18.7 Å². The van der Waals surface area contributed by atoms with Crippen molar-refractivity contribution < 1.29 is 9.53 Å². The largest absolute Gasteiger partial charge is 0.491 e. The Morgan fingerprint density at radius 3 is 2.29 bits per heavy atom. The van der Waals surface area contributed by atoms with Crippen molar-refractivity contribution in [3.8, 4) is 5.75 Å². The molecule has 0 aromatic heterocycles. The van der Waals surface area contributed by atoms with E-state index in [1.807, 2.05) is 38.1 Å². The number of nitrogens with one attached hydrogen (secondary N) is 2. The lowest BCUT2D eigenvalue weighted by molar-refractivity contribution is -0.115. The average molecular weight is 367 g/mol. The number of halogens is 2. The van der Waals surface area contributed by atoms with Crippen LogP contribution in [0.25, 0.3) is 0 Å². The summed E-state index contributed by atoms with van der Waals surface area (Å²) in [7, 11) is 0. The predicted octanol–water partition coefficient (Wildman–Crippen LogP) is 5.22. The van der Waals surface area contributed by atoms with E-state index >= 15 is 0 Å². The fourth-order valence-corrected chi connectivity index (χ4v) is 2.61. The number of amides is 1. The van der Waals surface area contributed by atoms with E-state index < -0.39 is 0 Å². The molecule has 4 nitrogen and oxygen atoms in total. The van der Waals surface area contributed by atoms with Gasteiger partial charge in [-0.15, -0.1) is 0 Å². The van der Waals surface area contributed by atoms with Gasteiger partial charge in [0.25, 0.3) is 0 Å². The molecule has 0 radical (unpaired) electrons. The summed E-state index contributed by atoms with van der Waals surface area (Å²) in [6.07, 6.45) is 0.416. The number of carbonyl (C=O) groups excluding carboxylic acids is 1. The molecule has 24 heavy (non-hydrogen) atoms. The van der Waals surface area contributed by atoms with Crippen LogP contribution in [0.5, 0.6) is 5.75 Å². The Morgan fingerprint density at radius 2 is 1.71 bits per heavy atom. The van der Waals surface area contributed by atoms with Crippen LogP contribution in [0.15, 0.2) is 42.5 Å². The first-order valence-corrected chi connectivity index (χ1v) is 8.46. The van der Waals surface area contributed by atoms with Gasteiger partial charge in [-0.3, -0.25) is 4.79 Å². The minimum atomic E-state index is -0.0943. The molecular weight excluding hydrogens is 347 g/mol. The number of benzene rings is 2. The van der Waals surface area contributed by atoms with Crippen molar-refractivity contribution in [2.45, 2.75) is 26.4 Å². The highest BCUT2D eigenvalue weighted by Gasteiger charge is 2.07. The van der Waals surface area contributed by atoms with Gasteiger partial charge in [-0.2, -0.15) is 0 Å². The number of hydrogen-bond donors (Lipinski definition) is 2. The van der Waals surface area contributed by atoms with Crippen LogP contribution in [0.2, 0.25) is 10.0 Å². The normalized spacial score (nSPS) is 10.5. The zero-order chi connectivity index (χ0) is 17.5. The molecule has 0 fully saturated rings. The summed E-state index contributed by atoms with van der Waals surface area (Å²) in [6, 6.07) is 12.6. The Labute approximate surface area is 152 Å². The maximum atomic E-state index is 12.0. The summed E-state index contributed by atoms with van der Waals surface area (Å²) in [5.41, 5.74) is 1.37. The molecule has 0 aliphatic rings. The summed E-state index contributed by atoms with van der Waals surface area (Å²) >= 11 is 12.1. The summed E-state index contributed by atoms with van der Waals surface area (Å²) < 4.78 is 5.56. The fraction of sp³-hybridized carbons (Fsp3) is 0.278. The molecule has 2 rings (SSSR count). The zero-order valence-corrected chi connectivity index (χ0v) is 15.1. The molecule has 0 spiro atoms. The standard InChI is InChI=1S/C18H20Cl2N2O2/c1-12(2)24-14-8-6-13(7-9-14)22-17(23)10-11-21-18-15(19)4-3-5-16(18)20/h3-9,12,21H,10-11H2,1-2H3,(H,22,23). The molecule has 0 atom stereocenters. The Hall–Kier alpha value is -1.91. The van der Waals surface area contributed by atoms with Gasteiger partial charge in [0.15, 0.2) is 0 Å². The Bertz CT molecular complexity index is 668. The highest BCUT2D eigenvalue weighted by molar-refractivity contribution is 6.39. The molecule has 0 bridgehead atoms. The lowest BCUT2D eigenvalue weighted by Crippen LogP contribution is -2.16. The van der Waals surface area contributed by atoms with Crippen LogP contribution in [0, 0.1) is 0 Å². The Kier molecular flexibility index (Phi) is 6.76. The van der Waals surface area contributed by atoms with E-state index in [-0.39, 0.29) is 12.0 Å². The minimum Gasteiger partial charge on any atom is -0.491 e. The number of rotatable bonds is 7. The second-order valence-electron chi connectivity index (χ2n) is 5.51. The number of anilines is 2. The van der Waals surface area contributed by atoms with E-state index in [0.717, 1.165) is 11.4 Å². The van der Waals surface area contributed by atoms with E-state index in [4.69, 9.17) is 27.9 Å². The summed E-state index contributed by atoms with van der Waals surface area (Å²) in [4.78, 5) is 12.0. The summed E-state index contributed by atoms with van der Waals surface area (Å²) in [5.74, 6) is 0.682. The molecule has 0 saturated carbocycles. The van der Waals surface area contributed by atoms with Gasteiger partial charge >= 0.3 is 0 Å². The average Bonchev–Trinajstić information content (AvgIpc) is 2.52. The van der Waals surface area contributed by atoms with Crippen molar-refractivity contribution in [3.05, 3.63) is 52.5 Å². The fourth-order valence-electron chi connectivity index (χ4n) is 2.08. The third-order valence-corrected chi connectivity index (χ3v) is 3.76. The summed E-state index contributed by atoms with van der Waals surface area (Å²) in [6.45, 7) is 4.37. The van der Waals surface area contributed by atoms with Crippen molar-refractivity contribution in [2.75, 3.05) is 17.2 Å². The molecule has 0 heterocycles.